The molecule has 0 bridgehead atoms. The Morgan fingerprint density at radius 3 is 2.71 bits per heavy atom. The second-order valence-electron chi connectivity index (χ2n) is 3.11. The van der Waals surface area contributed by atoms with Crippen LogP contribution in [-0.4, -0.2) is 16.2 Å². The van der Waals surface area contributed by atoms with Crippen LogP contribution in [0.15, 0.2) is 18.2 Å². The summed E-state index contributed by atoms with van der Waals surface area (Å²) < 4.78 is 0. The van der Waals surface area contributed by atoms with Gasteiger partial charge < -0.3 is 15.9 Å². The van der Waals surface area contributed by atoms with Gasteiger partial charge in [-0.05, 0) is 30.2 Å². The highest BCUT2D eigenvalue weighted by Crippen LogP contribution is 2.28. The van der Waals surface area contributed by atoms with Crippen molar-refractivity contribution in [2.45, 2.75) is 19.3 Å². The van der Waals surface area contributed by atoms with Gasteiger partial charge in [0.05, 0.1) is 5.92 Å². The number of benzene rings is 1. The van der Waals surface area contributed by atoms with E-state index in [1.165, 1.54) is 18.2 Å². The highest BCUT2D eigenvalue weighted by atomic mass is 16.4. The molecular weight excluding hydrogens is 182 g/mol. The summed E-state index contributed by atoms with van der Waals surface area (Å²) in [6.07, 6.45) is 0.447. The molecule has 1 aromatic carbocycles. The maximum atomic E-state index is 10.9. The van der Waals surface area contributed by atoms with Crippen molar-refractivity contribution in [3.8, 4) is 5.75 Å². The molecule has 0 aliphatic rings. The molecule has 4 N–H and O–H groups in total. The Bertz CT molecular complexity index is 349. The molecule has 4 heteroatoms. The van der Waals surface area contributed by atoms with E-state index in [1.54, 1.807) is 6.92 Å². The first-order valence-electron chi connectivity index (χ1n) is 4.37. The fourth-order valence-corrected chi connectivity index (χ4v) is 1.39. The number of aliphatic carboxylic acids is 1. The van der Waals surface area contributed by atoms with Gasteiger partial charge in [0, 0.05) is 5.69 Å². The van der Waals surface area contributed by atoms with E-state index in [4.69, 9.17) is 10.8 Å². The molecule has 1 atom stereocenters. The predicted molar refractivity (Wildman–Crippen MR) is 53.2 cm³/mol. The van der Waals surface area contributed by atoms with Crippen LogP contribution in [0, 0.1) is 0 Å². The van der Waals surface area contributed by atoms with Gasteiger partial charge in [0.15, 0.2) is 0 Å². The van der Waals surface area contributed by atoms with Gasteiger partial charge in [-0.3, -0.25) is 4.79 Å². The highest BCUT2D eigenvalue weighted by molar-refractivity contribution is 5.78. The first-order chi connectivity index (χ1) is 6.56. The van der Waals surface area contributed by atoms with E-state index < -0.39 is 11.9 Å². The van der Waals surface area contributed by atoms with Gasteiger partial charge >= 0.3 is 5.97 Å². The summed E-state index contributed by atoms with van der Waals surface area (Å²) >= 11 is 0. The van der Waals surface area contributed by atoms with Crippen molar-refractivity contribution in [2.24, 2.45) is 0 Å². The van der Waals surface area contributed by atoms with Crippen molar-refractivity contribution in [3.05, 3.63) is 23.8 Å². The molecule has 0 fully saturated rings. The maximum Gasteiger partial charge on any atom is 0.311 e. The number of aromatic hydroxyl groups is 1. The van der Waals surface area contributed by atoms with E-state index in [9.17, 15) is 9.90 Å². The van der Waals surface area contributed by atoms with Gasteiger partial charge in [0.1, 0.15) is 5.75 Å². The van der Waals surface area contributed by atoms with Crippen LogP contribution >= 0.6 is 0 Å². The van der Waals surface area contributed by atoms with Gasteiger partial charge in [-0.1, -0.05) is 6.92 Å². The van der Waals surface area contributed by atoms with Crippen LogP contribution in [0.3, 0.4) is 0 Å². The number of rotatable bonds is 3. The second kappa shape index (κ2) is 4.00. The number of carbonyl (C=O) groups is 1. The molecule has 0 amide bonds. The van der Waals surface area contributed by atoms with Gasteiger partial charge in [-0.25, -0.2) is 0 Å². The Morgan fingerprint density at radius 1 is 1.57 bits per heavy atom. The van der Waals surface area contributed by atoms with Gasteiger partial charge in [-0.15, -0.1) is 0 Å². The quantitative estimate of drug-likeness (QED) is 0.504. The van der Waals surface area contributed by atoms with E-state index in [0.29, 0.717) is 17.7 Å². The largest absolute Gasteiger partial charge is 0.508 e. The Balaban J connectivity index is 3.15. The average Bonchev–Trinajstić information content (AvgIpc) is 2.11. The van der Waals surface area contributed by atoms with E-state index in [0.717, 1.165) is 0 Å². The molecule has 1 aromatic rings. The number of phenolic OH excluding ortho intramolecular Hbond substituents is 1. The van der Waals surface area contributed by atoms with Crippen molar-refractivity contribution >= 4 is 11.7 Å². The van der Waals surface area contributed by atoms with Crippen molar-refractivity contribution in [1.29, 1.82) is 0 Å². The topological polar surface area (TPSA) is 83.5 Å². The Morgan fingerprint density at radius 2 is 2.21 bits per heavy atom. The molecule has 0 heterocycles. The third-order valence-corrected chi connectivity index (χ3v) is 2.15. The minimum atomic E-state index is -0.926. The zero-order valence-corrected chi connectivity index (χ0v) is 7.90. The van der Waals surface area contributed by atoms with E-state index >= 15 is 0 Å². The lowest BCUT2D eigenvalue weighted by atomic mass is 9.95. The van der Waals surface area contributed by atoms with Crippen molar-refractivity contribution < 1.29 is 15.0 Å². The van der Waals surface area contributed by atoms with Gasteiger partial charge in [-0.2, -0.15) is 0 Å². The first-order valence-corrected chi connectivity index (χ1v) is 4.37. The number of nitrogens with two attached hydrogens (primary N) is 1. The Kier molecular flexibility index (Phi) is 2.96. The standard InChI is InChI=1S/C10H13NO3/c1-2-7(10(13)14)8-5-6(12)3-4-9(8)11/h3-5,7,12H,2,11H2,1H3,(H,13,14). The predicted octanol–water partition coefficient (Wildman–Crippen LogP) is 1.55. The van der Waals surface area contributed by atoms with Crippen LogP contribution < -0.4 is 5.73 Å². The third kappa shape index (κ3) is 1.96. The van der Waals surface area contributed by atoms with E-state index in [2.05, 4.69) is 0 Å². The highest BCUT2D eigenvalue weighted by Gasteiger charge is 2.20. The molecule has 0 radical (unpaired) electrons. The molecule has 1 unspecified atom stereocenters. The molecule has 1 rings (SSSR count). The monoisotopic (exact) mass is 195 g/mol. The summed E-state index contributed by atoms with van der Waals surface area (Å²) in [5.41, 5.74) is 6.50. The fraction of sp³-hybridized carbons (Fsp3) is 0.300. The molecular formula is C10H13NO3. The maximum absolute atomic E-state index is 10.9. The molecule has 0 saturated carbocycles. The lowest BCUT2D eigenvalue weighted by molar-refractivity contribution is -0.138. The van der Waals surface area contributed by atoms with Crippen LogP contribution in [0.4, 0.5) is 5.69 Å². The van der Waals surface area contributed by atoms with Crippen molar-refractivity contribution in [1.82, 2.24) is 0 Å². The van der Waals surface area contributed by atoms with Crippen LogP contribution in [-0.2, 0) is 4.79 Å². The number of hydrogen-bond acceptors (Lipinski definition) is 3. The summed E-state index contributed by atoms with van der Waals surface area (Å²) in [6.45, 7) is 1.77. The Hall–Kier alpha value is -1.71. The molecule has 14 heavy (non-hydrogen) atoms. The average molecular weight is 195 g/mol. The molecule has 0 aromatic heterocycles. The molecule has 4 nitrogen and oxygen atoms in total. The second-order valence-corrected chi connectivity index (χ2v) is 3.11. The summed E-state index contributed by atoms with van der Waals surface area (Å²) in [5, 5.41) is 18.1. The van der Waals surface area contributed by atoms with E-state index in [-0.39, 0.29) is 5.75 Å². The number of carboxylic acids is 1. The number of anilines is 1. The molecule has 0 aliphatic heterocycles. The molecule has 0 spiro atoms. The smallest absolute Gasteiger partial charge is 0.311 e. The number of hydrogen-bond donors (Lipinski definition) is 3. The van der Waals surface area contributed by atoms with Crippen LogP contribution in [0.2, 0.25) is 0 Å². The third-order valence-electron chi connectivity index (χ3n) is 2.15. The van der Waals surface area contributed by atoms with Gasteiger partial charge in [0.25, 0.3) is 0 Å². The van der Waals surface area contributed by atoms with Crippen LogP contribution in [0.5, 0.6) is 5.75 Å². The Labute approximate surface area is 82.0 Å². The summed E-state index contributed by atoms with van der Waals surface area (Å²) in [6, 6.07) is 4.35. The minimum absolute atomic E-state index is 0.0360. The zero-order valence-electron chi connectivity index (χ0n) is 7.90. The normalized spacial score (nSPS) is 12.4. The number of nitrogen functional groups attached to an aromatic ring is 1. The SMILES string of the molecule is CCC(C(=O)O)c1cc(O)ccc1N. The first kappa shape index (κ1) is 10.4. The molecule has 0 saturated heterocycles. The van der Waals surface area contributed by atoms with Crippen LogP contribution in [0.25, 0.3) is 0 Å². The fourth-order valence-electron chi connectivity index (χ4n) is 1.39. The zero-order chi connectivity index (χ0) is 10.7. The van der Waals surface area contributed by atoms with Crippen molar-refractivity contribution in [3.63, 3.8) is 0 Å². The summed E-state index contributed by atoms with van der Waals surface area (Å²) in [7, 11) is 0. The van der Waals surface area contributed by atoms with Gasteiger partial charge in [0.2, 0.25) is 0 Å². The van der Waals surface area contributed by atoms with Crippen LogP contribution in [0.1, 0.15) is 24.8 Å². The summed E-state index contributed by atoms with van der Waals surface area (Å²) in [5.74, 6) is -1.54. The van der Waals surface area contributed by atoms with E-state index in [1.807, 2.05) is 0 Å². The number of carboxylic acid groups (broad SMARTS) is 1. The summed E-state index contributed by atoms with van der Waals surface area (Å²) in [4.78, 5) is 10.9. The molecule has 0 aliphatic carbocycles. The van der Waals surface area contributed by atoms with Crippen molar-refractivity contribution in [2.75, 3.05) is 5.73 Å². The minimum Gasteiger partial charge on any atom is -0.508 e. The lowest BCUT2D eigenvalue weighted by Gasteiger charge is -2.12. The lowest BCUT2D eigenvalue weighted by Crippen LogP contribution is -2.12. The number of phenols is 1. The molecule has 76 valence electrons.